The number of rotatable bonds is 16. The molecule has 1 atom stereocenters. The molecule has 43 heavy (non-hydrogen) atoms. The highest BCUT2D eigenvalue weighted by Gasteiger charge is 2.50. The SMILES string of the molecule is CCCC(F)(F)C(C)(F)F.CN(CCCCCCC1=C(c2ccccc2)CCCc2cc(O)ccc21)CCCCS(C)=O. The Hall–Kier alpha value is -2.19. The van der Waals surface area contributed by atoms with Gasteiger partial charge in [0.25, 0.3) is 0 Å². The van der Waals surface area contributed by atoms with Crippen LogP contribution in [-0.2, 0) is 17.2 Å². The number of phenols is 1. The third-order valence-electron chi connectivity index (χ3n) is 7.92. The lowest BCUT2D eigenvalue weighted by Gasteiger charge is -2.21. The van der Waals surface area contributed by atoms with Gasteiger partial charge in [-0.2, -0.15) is 8.78 Å². The smallest absolute Gasteiger partial charge is 0.309 e. The highest BCUT2D eigenvalue weighted by molar-refractivity contribution is 7.84. The molecule has 0 aromatic heterocycles. The second-order valence-electron chi connectivity index (χ2n) is 11.8. The number of allylic oxidation sites excluding steroid dienone is 2. The molecule has 1 unspecified atom stereocenters. The summed E-state index contributed by atoms with van der Waals surface area (Å²) in [6, 6.07) is 16.8. The van der Waals surface area contributed by atoms with Crippen molar-refractivity contribution >= 4 is 21.9 Å². The summed E-state index contributed by atoms with van der Waals surface area (Å²) in [5, 5.41) is 10.0. The van der Waals surface area contributed by atoms with Crippen LogP contribution in [0.5, 0.6) is 5.75 Å². The van der Waals surface area contributed by atoms with Crippen molar-refractivity contribution in [3.05, 3.63) is 65.2 Å². The number of nitrogens with zero attached hydrogens (tertiary/aromatic N) is 1. The van der Waals surface area contributed by atoms with Crippen molar-refractivity contribution in [1.29, 1.82) is 0 Å². The summed E-state index contributed by atoms with van der Waals surface area (Å²) >= 11 is 0. The summed E-state index contributed by atoms with van der Waals surface area (Å²) in [7, 11) is 1.55. The fourth-order valence-corrected chi connectivity index (χ4v) is 6.07. The fourth-order valence-electron chi connectivity index (χ4n) is 5.46. The van der Waals surface area contributed by atoms with Crippen molar-refractivity contribution in [1.82, 2.24) is 4.90 Å². The molecule has 0 aliphatic heterocycles. The van der Waals surface area contributed by atoms with E-state index in [0.29, 0.717) is 5.75 Å². The Kier molecular flexibility index (Phi) is 16.0. The predicted octanol–water partition coefficient (Wildman–Crippen LogP) is 9.76. The van der Waals surface area contributed by atoms with Crippen LogP contribution >= 0.6 is 0 Å². The number of hydrogen-bond donors (Lipinski definition) is 1. The van der Waals surface area contributed by atoms with E-state index < -0.39 is 29.1 Å². The molecule has 3 rings (SSSR count). The molecule has 0 saturated heterocycles. The zero-order valence-corrected chi connectivity index (χ0v) is 27.3. The Balaban J connectivity index is 0.000000553. The average Bonchev–Trinajstić information content (AvgIpc) is 3.12. The number of halogens is 4. The quantitative estimate of drug-likeness (QED) is 0.149. The minimum Gasteiger partial charge on any atom is -0.508 e. The van der Waals surface area contributed by atoms with Gasteiger partial charge in [-0.05, 0) is 111 Å². The topological polar surface area (TPSA) is 40.5 Å². The fraction of sp³-hybridized carbons (Fsp3) is 0.600. The van der Waals surface area contributed by atoms with E-state index in [1.165, 1.54) is 60.4 Å². The molecule has 1 N–H and O–H groups in total. The summed E-state index contributed by atoms with van der Waals surface area (Å²) in [5.74, 6) is -6.52. The zero-order valence-electron chi connectivity index (χ0n) is 26.4. The highest BCUT2D eigenvalue weighted by atomic mass is 32.2. The molecule has 0 amide bonds. The molecule has 2 aromatic carbocycles. The van der Waals surface area contributed by atoms with Crippen molar-refractivity contribution in [3.8, 4) is 5.75 Å². The van der Waals surface area contributed by atoms with Gasteiger partial charge in [0.2, 0.25) is 0 Å². The second-order valence-corrected chi connectivity index (χ2v) is 13.4. The Morgan fingerprint density at radius 2 is 1.56 bits per heavy atom. The first kappa shape index (κ1) is 37.0. The van der Waals surface area contributed by atoms with Gasteiger partial charge in [0, 0.05) is 36.2 Å². The Morgan fingerprint density at radius 1 is 0.907 bits per heavy atom. The van der Waals surface area contributed by atoms with Crippen molar-refractivity contribution in [2.45, 2.75) is 103 Å². The number of aryl methyl sites for hydroxylation is 1. The van der Waals surface area contributed by atoms with E-state index >= 15 is 0 Å². The molecule has 2 aromatic rings. The van der Waals surface area contributed by atoms with Crippen LogP contribution in [-0.4, -0.2) is 58.2 Å². The van der Waals surface area contributed by atoms with Crippen LogP contribution < -0.4 is 0 Å². The third kappa shape index (κ3) is 13.1. The maximum Gasteiger partial charge on any atom is 0.309 e. The number of benzene rings is 2. The highest BCUT2D eigenvalue weighted by Crippen LogP contribution is 2.40. The van der Waals surface area contributed by atoms with Gasteiger partial charge in [0.15, 0.2) is 0 Å². The lowest BCUT2D eigenvalue weighted by Crippen LogP contribution is -2.37. The molecule has 0 bridgehead atoms. The van der Waals surface area contributed by atoms with Crippen molar-refractivity contribution < 1.29 is 26.9 Å². The van der Waals surface area contributed by atoms with Gasteiger partial charge in [-0.25, -0.2) is 8.78 Å². The van der Waals surface area contributed by atoms with Crippen LogP contribution in [0, 0.1) is 0 Å². The Labute approximate surface area is 259 Å². The maximum absolute atomic E-state index is 12.2. The Bertz CT molecular complexity index is 1150. The van der Waals surface area contributed by atoms with Crippen LogP contribution in [0.4, 0.5) is 17.6 Å². The number of fused-ring (bicyclic) bond motifs is 1. The van der Waals surface area contributed by atoms with E-state index in [0.717, 1.165) is 57.4 Å². The molecule has 0 fully saturated rings. The second kappa shape index (κ2) is 18.6. The van der Waals surface area contributed by atoms with Crippen LogP contribution in [0.2, 0.25) is 0 Å². The standard InChI is InChI=1S/C29H41NO2S.C6H10F4/c1-30(21-10-11-22-33(2)32)20-9-4-3-8-16-29-27(24-13-6-5-7-14-24)17-12-15-25-23-26(31)18-19-28(25)29;1-3-4-6(9,10)5(2,7)8/h5-7,13-14,18-19,23,31H,3-4,8-12,15-17,20-22H2,1-2H3;3-4H2,1-2H3. The summed E-state index contributed by atoms with van der Waals surface area (Å²) in [5.41, 5.74) is 6.97. The normalized spacial score (nSPS) is 14.6. The summed E-state index contributed by atoms with van der Waals surface area (Å²) < 4.78 is 59.4. The van der Waals surface area contributed by atoms with Crippen LogP contribution in [0.15, 0.2) is 48.5 Å². The van der Waals surface area contributed by atoms with Gasteiger partial charge in [-0.15, -0.1) is 0 Å². The molecular weight excluding hydrogens is 574 g/mol. The number of alkyl halides is 4. The maximum atomic E-state index is 12.2. The molecule has 0 saturated carbocycles. The van der Waals surface area contributed by atoms with Crippen molar-refractivity contribution in [2.24, 2.45) is 0 Å². The number of hydrogen-bond acceptors (Lipinski definition) is 3. The number of phenolic OH excluding ortho intramolecular Hbond substituents is 1. The molecule has 0 heterocycles. The van der Waals surface area contributed by atoms with E-state index in [2.05, 4.69) is 48.3 Å². The van der Waals surface area contributed by atoms with Crippen LogP contribution in [0.1, 0.15) is 101 Å². The largest absolute Gasteiger partial charge is 0.508 e. The minimum absolute atomic E-state index is 0.0659. The molecule has 242 valence electrons. The minimum atomic E-state index is -3.89. The molecule has 3 nitrogen and oxygen atoms in total. The zero-order chi connectivity index (χ0) is 31.9. The Morgan fingerprint density at radius 3 is 2.16 bits per heavy atom. The molecular formula is C35H51F4NO2S. The number of unbranched alkanes of at least 4 members (excludes halogenated alkanes) is 4. The summed E-state index contributed by atoms with van der Waals surface area (Å²) in [6.45, 7) is 3.94. The van der Waals surface area contributed by atoms with Gasteiger partial charge >= 0.3 is 11.8 Å². The number of aromatic hydroxyl groups is 1. The van der Waals surface area contributed by atoms with Crippen molar-refractivity contribution in [3.63, 3.8) is 0 Å². The molecule has 0 spiro atoms. The van der Waals surface area contributed by atoms with Gasteiger partial charge in [-0.3, -0.25) is 4.21 Å². The van der Waals surface area contributed by atoms with Gasteiger partial charge in [-0.1, -0.05) is 62.6 Å². The van der Waals surface area contributed by atoms with E-state index in [9.17, 15) is 26.9 Å². The van der Waals surface area contributed by atoms with E-state index in [1.807, 2.05) is 12.1 Å². The third-order valence-corrected chi connectivity index (χ3v) is 8.78. The first-order valence-corrected chi connectivity index (χ1v) is 17.4. The van der Waals surface area contributed by atoms with Gasteiger partial charge < -0.3 is 10.0 Å². The first-order valence-electron chi connectivity index (χ1n) is 15.7. The van der Waals surface area contributed by atoms with E-state index in [1.54, 1.807) is 6.26 Å². The van der Waals surface area contributed by atoms with Gasteiger partial charge in [0.05, 0.1) is 0 Å². The monoisotopic (exact) mass is 625 g/mol. The lowest BCUT2D eigenvalue weighted by atomic mass is 9.89. The van der Waals surface area contributed by atoms with Crippen LogP contribution in [0.25, 0.3) is 11.1 Å². The van der Waals surface area contributed by atoms with E-state index in [4.69, 9.17) is 0 Å². The summed E-state index contributed by atoms with van der Waals surface area (Å²) in [4.78, 5) is 2.42. The van der Waals surface area contributed by atoms with Crippen LogP contribution in [0.3, 0.4) is 0 Å². The molecule has 1 aliphatic carbocycles. The summed E-state index contributed by atoms with van der Waals surface area (Å²) in [6.07, 6.45) is 12.6. The average molecular weight is 626 g/mol. The molecule has 8 heteroatoms. The molecule has 0 radical (unpaired) electrons. The van der Waals surface area contributed by atoms with Crippen molar-refractivity contribution in [2.75, 3.05) is 32.1 Å². The van der Waals surface area contributed by atoms with Gasteiger partial charge in [0.1, 0.15) is 5.75 Å². The first-order chi connectivity index (χ1) is 20.4. The molecule has 1 aliphatic rings. The van der Waals surface area contributed by atoms with E-state index in [-0.39, 0.29) is 13.3 Å². The predicted molar refractivity (Wildman–Crippen MR) is 174 cm³/mol. The lowest BCUT2D eigenvalue weighted by molar-refractivity contribution is -0.200.